The fourth-order valence-corrected chi connectivity index (χ4v) is 2.44. The number of halogens is 1. The van der Waals surface area contributed by atoms with E-state index in [2.05, 4.69) is 5.32 Å². The Labute approximate surface area is 119 Å². The number of rotatable bonds is 5. The molecule has 20 heavy (non-hydrogen) atoms. The van der Waals surface area contributed by atoms with Crippen LogP contribution in [0, 0.1) is 0 Å². The Morgan fingerprint density at radius 3 is 2.45 bits per heavy atom. The summed E-state index contributed by atoms with van der Waals surface area (Å²) in [5.74, 6) is 1.19. The van der Waals surface area contributed by atoms with Crippen molar-refractivity contribution >= 4 is 0 Å². The second-order valence-corrected chi connectivity index (χ2v) is 5.23. The molecule has 0 aromatic heterocycles. The number of methoxy groups -OCH3 is 2. The van der Waals surface area contributed by atoms with Crippen molar-refractivity contribution in [3.63, 3.8) is 0 Å². The molecular weight excluding hydrogens is 261 g/mol. The average molecular weight is 283 g/mol. The standard InChI is InChI=1S/C15H22FNO3/c1-15(16,9-12-10-20-5-4-17-12)11-6-13(18-2)8-14(7-11)19-3/h6-8,12,17H,4-5,9-10H2,1-3H3. The van der Waals surface area contributed by atoms with Crippen LogP contribution in [0.4, 0.5) is 4.39 Å². The quantitative estimate of drug-likeness (QED) is 0.900. The summed E-state index contributed by atoms with van der Waals surface area (Å²) >= 11 is 0. The lowest BCUT2D eigenvalue weighted by molar-refractivity contribution is 0.0473. The lowest BCUT2D eigenvalue weighted by atomic mass is 9.90. The van der Waals surface area contributed by atoms with Crippen LogP contribution in [-0.4, -0.2) is 40.0 Å². The molecule has 1 aliphatic rings. The molecule has 1 fully saturated rings. The van der Waals surface area contributed by atoms with Gasteiger partial charge < -0.3 is 19.5 Å². The van der Waals surface area contributed by atoms with Crippen molar-refractivity contribution in [2.24, 2.45) is 0 Å². The Bertz CT molecular complexity index is 422. The van der Waals surface area contributed by atoms with Gasteiger partial charge in [-0.1, -0.05) is 0 Å². The number of morpholine rings is 1. The van der Waals surface area contributed by atoms with Crippen LogP contribution in [0.1, 0.15) is 18.9 Å². The van der Waals surface area contributed by atoms with E-state index in [1.54, 1.807) is 39.3 Å². The number of hydrogen-bond acceptors (Lipinski definition) is 4. The zero-order valence-electron chi connectivity index (χ0n) is 12.2. The highest BCUT2D eigenvalue weighted by Gasteiger charge is 2.31. The molecule has 0 radical (unpaired) electrons. The monoisotopic (exact) mass is 283 g/mol. The molecule has 2 rings (SSSR count). The van der Waals surface area contributed by atoms with E-state index in [0.29, 0.717) is 36.7 Å². The fraction of sp³-hybridized carbons (Fsp3) is 0.600. The largest absolute Gasteiger partial charge is 0.497 e. The second-order valence-electron chi connectivity index (χ2n) is 5.23. The summed E-state index contributed by atoms with van der Waals surface area (Å²) < 4.78 is 30.8. The average Bonchev–Trinajstić information content (AvgIpc) is 2.47. The lowest BCUT2D eigenvalue weighted by Gasteiger charge is -2.30. The van der Waals surface area contributed by atoms with Gasteiger partial charge in [-0.2, -0.15) is 0 Å². The highest BCUT2D eigenvalue weighted by atomic mass is 19.1. The van der Waals surface area contributed by atoms with E-state index in [1.807, 2.05) is 0 Å². The smallest absolute Gasteiger partial charge is 0.135 e. The molecule has 1 N–H and O–H groups in total. The van der Waals surface area contributed by atoms with Gasteiger partial charge in [0.25, 0.3) is 0 Å². The molecule has 2 unspecified atom stereocenters. The molecule has 2 atom stereocenters. The first kappa shape index (κ1) is 15.1. The van der Waals surface area contributed by atoms with Gasteiger partial charge in [0.1, 0.15) is 17.2 Å². The van der Waals surface area contributed by atoms with Crippen molar-refractivity contribution in [3.8, 4) is 11.5 Å². The van der Waals surface area contributed by atoms with Gasteiger partial charge in [0, 0.05) is 25.1 Å². The van der Waals surface area contributed by atoms with Crippen LogP contribution in [0.15, 0.2) is 18.2 Å². The Balaban J connectivity index is 2.18. The van der Waals surface area contributed by atoms with Crippen LogP contribution in [0.25, 0.3) is 0 Å². The zero-order valence-corrected chi connectivity index (χ0v) is 12.2. The van der Waals surface area contributed by atoms with E-state index >= 15 is 4.39 Å². The number of alkyl halides is 1. The van der Waals surface area contributed by atoms with E-state index in [9.17, 15) is 0 Å². The molecule has 112 valence electrons. The maximum absolute atomic E-state index is 15.0. The first-order chi connectivity index (χ1) is 9.55. The highest BCUT2D eigenvalue weighted by molar-refractivity contribution is 5.40. The first-order valence-electron chi connectivity index (χ1n) is 6.79. The van der Waals surface area contributed by atoms with E-state index in [0.717, 1.165) is 6.54 Å². The van der Waals surface area contributed by atoms with Crippen LogP contribution in [0.5, 0.6) is 11.5 Å². The van der Waals surface area contributed by atoms with E-state index in [1.165, 1.54) is 0 Å². The highest BCUT2D eigenvalue weighted by Crippen LogP contribution is 2.35. The summed E-state index contributed by atoms with van der Waals surface area (Å²) in [6.45, 7) is 3.58. The number of nitrogens with one attached hydrogen (secondary N) is 1. The van der Waals surface area contributed by atoms with Gasteiger partial charge in [0.05, 0.1) is 27.4 Å². The Morgan fingerprint density at radius 2 is 1.95 bits per heavy atom. The van der Waals surface area contributed by atoms with Crippen molar-refractivity contribution in [1.29, 1.82) is 0 Å². The van der Waals surface area contributed by atoms with Crippen LogP contribution >= 0.6 is 0 Å². The SMILES string of the molecule is COc1cc(OC)cc(C(C)(F)CC2COCCN2)c1. The van der Waals surface area contributed by atoms with Gasteiger partial charge >= 0.3 is 0 Å². The van der Waals surface area contributed by atoms with Gasteiger partial charge in [0.2, 0.25) is 0 Å². The predicted octanol–water partition coefficient (Wildman–Crippen LogP) is 2.27. The molecule has 0 bridgehead atoms. The molecule has 0 aliphatic carbocycles. The zero-order chi connectivity index (χ0) is 14.6. The van der Waals surface area contributed by atoms with E-state index in [-0.39, 0.29) is 6.04 Å². The number of benzene rings is 1. The van der Waals surface area contributed by atoms with Gasteiger partial charge in [-0.15, -0.1) is 0 Å². The van der Waals surface area contributed by atoms with Crippen LogP contribution in [-0.2, 0) is 10.4 Å². The summed E-state index contributed by atoms with van der Waals surface area (Å²) in [7, 11) is 3.12. The van der Waals surface area contributed by atoms with Crippen LogP contribution < -0.4 is 14.8 Å². The molecule has 1 heterocycles. The molecule has 1 saturated heterocycles. The molecule has 0 saturated carbocycles. The van der Waals surface area contributed by atoms with Crippen molar-refractivity contribution in [2.45, 2.75) is 25.1 Å². The normalized spacial score (nSPS) is 22.1. The second kappa shape index (κ2) is 6.41. The van der Waals surface area contributed by atoms with Crippen molar-refractivity contribution in [1.82, 2.24) is 5.32 Å². The third kappa shape index (κ3) is 3.61. The van der Waals surface area contributed by atoms with Gasteiger partial charge in [-0.05, 0) is 24.6 Å². The summed E-state index contributed by atoms with van der Waals surface area (Å²) in [5, 5.41) is 3.27. The Hall–Kier alpha value is -1.33. The topological polar surface area (TPSA) is 39.7 Å². The first-order valence-corrected chi connectivity index (χ1v) is 6.79. The predicted molar refractivity (Wildman–Crippen MR) is 75.2 cm³/mol. The van der Waals surface area contributed by atoms with E-state index in [4.69, 9.17) is 14.2 Å². The number of hydrogen-bond donors (Lipinski definition) is 1. The van der Waals surface area contributed by atoms with E-state index < -0.39 is 5.67 Å². The maximum Gasteiger partial charge on any atom is 0.135 e. The minimum Gasteiger partial charge on any atom is -0.497 e. The fourth-order valence-electron chi connectivity index (χ4n) is 2.44. The van der Waals surface area contributed by atoms with Crippen LogP contribution in [0.2, 0.25) is 0 Å². The Morgan fingerprint density at radius 1 is 1.30 bits per heavy atom. The number of ether oxygens (including phenoxy) is 3. The summed E-state index contributed by atoms with van der Waals surface area (Å²) in [6.07, 6.45) is 0.351. The molecular formula is C15H22FNO3. The molecule has 5 heteroatoms. The van der Waals surface area contributed by atoms with Gasteiger partial charge in [-0.25, -0.2) is 4.39 Å². The van der Waals surface area contributed by atoms with Gasteiger partial charge in [0.15, 0.2) is 0 Å². The summed E-state index contributed by atoms with van der Waals surface area (Å²) in [5.41, 5.74) is -0.915. The molecule has 1 aromatic rings. The minimum atomic E-state index is -1.47. The van der Waals surface area contributed by atoms with Crippen LogP contribution in [0.3, 0.4) is 0 Å². The van der Waals surface area contributed by atoms with Crippen molar-refractivity contribution < 1.29 is 18.6 Å². The molecule has 0 amide bonds. The minimum absolute atomic E-state index is 0.0240. The molecule has 1 aromatic carbocycles. The van der Waals surface area contributed by atoms with Crippen molar-refractivity contribution in [3.05, 3.63) is 23.8 Å². The Kier molecular flexibility index (Phi) is 4.83. The molecule has 0 spiro atoms. The third-order valence-corrected chi connectivity index (χ3v) is 3.58. The third-order valence-electron chi connectivity index (χ3n) is 3.58. The van der Waals surface area contributed by atoms with Crippen molar-refractivity contribution in [2.75, 3.05) is 34.0 Å². The summed E-state index contributed by atoms with van der Waals surface area (Å²) in [6, 6.07) is 5.19. The van der Waals surface area contributed by atoms with Gasteiger partial charge in [-0.3, -0.25) is 0 Å². The molecule has 1 aliphatic heterocycles. The maximum atomic E-state index is 15.0. The molecule has 4 nitrogen and oxygen atoms in total. The lowest BCUT2D eigenvalue weighted by Crippen LogP contribution is -2.44. The summed E-state index contributed by atoms with van der Waals surface area (Å²) in [4.78, 5) is 0.